The van der Waals surface area contributed by atoms with Gasteiger partial charge in [-0.15, -0.1) is 0 Å². The first-order valence-electron chi connectivity index (χ1n) is 7.43. The van der Waals surface area contributed by atoms with E-state index in [0.717, 1.165) is 0 Å². The molecular weight excluding hydrogens is 325 g/mol. The number of nitrogens with zero attached hydrogens (tertiary/aromatic N) is 2. The van der Waals surface area contributed by atoms with Crippen LogP contribution in [0.25, 0.3) is 22.7 Å². The predicted octanol–water partition coefficient (Wildman–Crippen LogP) is 3.50. The van der Waals surface area contributed by atoms with E-state index in [9.17, 15) is 9.65 Å². The number of ether oxygens (including phenoxy) is 3. The fourth-order valence-electron chi connectivity index (χ4n) is 2.65. The summed E-state index contributed by atoms with van der Waals surface area (Å²) in [5, 5.41) is 9.53. The molecule has 0 aliphatic carbocycles. The number of H-pyrrole nitrogens is 1. The molecule has 1 aliphatic heterocycles. The third-order valence-electron chi connectivity index (χ3n) is 3.84. The maximum Gasteiger partial charge on any atom is 0.231 e. The van der Waals surface area contributed by atoms with Crippen LogP contribution in [0.4, 0.5) is 4.39 Å². The van der Waals surface area contributed by atoms with E-state index in [0.29, 0.717) is 39.7 Å². The molecule has 2 heterocycles. The van der Waals surface area contributed by atoms with Crippen molar-refractivity contribution in [3.63, 3.8) is 0 Å². The number of fused-ring (bicyclic) bond motifs is 2. The summed E-state index contributed by atoms with van der Waals surface area (Å²) >= 11 is 0. The van der Waals surface area contributed by atoms with Gasteiger partial charge in [-0.25, -0.2) is 9.37 Å². The van der Waals surface area contributed by atoms with Crippen LogP contribution in [0.5, 0.6) is 17.2 Å². The highest BCUT2D eigenvalue weighted by Gasteiger charge is 2.18. The molecule has 0 amide bonds. The number of nitrogens with one attached hydrogen (secondary N) is 1. The van der Waals surface area contributed by atoms with Gasteiger partial charge in [-0.3, -0.25) is 0 Å². The molecule has 25 heavy (non-hydrogen) atoms. The molecule has 0 atom stereocenters. The van der Waals surface area contributed by atoms with Crippen LogP contribution >= 0.6 is 0 Å². The number of halogens is 1. The zero-order valence-corrected chi connectivity index (χ0v) is 13.2. The fraction of sp³-hybridized carbons (Fsp3) is 0.111. The van der Waals surface area contributed by atoms with Crippen molar-refractivity contribution < 1.29 is 18.6 Å². The maximum absolute atomic E-state index is 13.3. The van der Waals surface area contributed by atoms with E-state index in [1.807, 2.05) is 0 Å². The summed E-state index contributed by atoms with van der Waals surface area (Å²) in [5.41, 5.74) is 2.03. The number of allylic oxidation sites excluding steroid dienone is 1. The maximum atomic E-state index is 13.3. The molecule has 1 N–H and O–H groups in total. The molecule has 2 aromatic carbocycles. The molecule has 1 aromatic heterocycles. The molecule has 0 bridgehead atoms. The number of aromatic nitrogens is 2. The second-order valence-electron chi connectivity index (χ2n) is 5.36. The van der Waals surface area contributed by atoms with Gasteiger partial charge in [0.15, 0.2) is 11.5 Å². The number of aromatic amines is 1. The Morgan fingerprint density at radius 1 is 1.32 bits per heavy atom. The van der Waals surface area contributed by atoms with E-state index >= 15 is 0 Å². The number of benzene rings is 2. The Morgan fingerprint density at radius 2 is 2.12 bits per heavy atom. The van der Waals surface area contributed by atoms with E-state index in [4.69, 9.17) is 14.2 Å². The van der Waals surface area contributed by atoms with Crippen LogP contribution in [-0.2, 0) is 0 Å². The Morgan fingerprint density at radius 3 is 2.88 bits per heavy atom. The van der Waals surface area contributed by atoms with Crippen molar-refractivity contribution in [1.82, 2.24) is 9.97 Å². The van der Waals surface area contributed by atoms with Gasteiger partial charge in [-0.1, -0.05) is 0 Å². The molecule has 0 spiro atoms. The molecule has 0 saturated carbocycles. The normalized spacial score (nSPS) is 13.1. The van der Waals surface area contributed by atoms with Crippen molar-refractivity contribution in [2.24, 2.45) is 0 Å². The average molecular weight is 337 g/mol. The monoisotopic (exact) mass is 337 g/mol. The summed E-state index contributed by atoms with van der Waals surface area (Å²) in [6, 6.07) is 9.76. The van der Waals surface area contributed by atoms with Gasteiger partial charge < -0.3 is 19.2 Å². The zero-order valence-electron chi connectivity index (χ0n) is 13.2. The number of hydrogen-bond acceptors (Lipinski definition) is 5. The highest BCUT2D eigenvalue weighted by atomic mass is 19.1. The van der Waals surface area contributed by atoms with Crippen molar-refractivity contribution in [3.05, 3.63) is 47.5 Å². The van der Waals surface area contributed by atoms with Crippen LogP contribution in [0.1, 0.15) is 11.4 Å². The Bertz CT molecular complexity index is 1050. The highest BCUT2D eigenvalue weighted by Crippen LogP contribution is 2.39. The SMILES string of the molecule is COc1cc2c(cc1/C=C(/C#N)c1nc3ccc(F)cc3[nH]1)OCO2. The predicted molar refractivity (Wildman–Crippen MR) is 88.7 cm³/mol. The minimum atomic E-state index is -0.373. The van der Waals surface area contributed by atoms with Gasteiger partial charge in [0.1, 0.15) is 23.5 Å². The summed E-state index contributed by atoms with van der Waals surface area (Å²) in [4.78, 5) is 7.30. The number of imidazole rings is 1. The number of hydrogen-bond donors (Lipinski definition) is 1. The van der Waals surface area contributed by atoms with E-state index in [1.165, 1.54) is 19.2 Å². The Labute approximate surface area is 142 Å². The summed E-state index contributed by atoms with van der Waals surface area (Å²) in [6.45, 7) is 0.145. The molecule has 4 rings (SSSR count). The van der Waals surface area contributed by atoms with Crippen molar-refractivity contribution in [3.8, 4) is 23.3 Å². The average Bonchev–Trinajstić information content (AvgIpc) is 3.24. The Balaban J connectivity index is 1.81. The molecular formula is C18H12FN3O3. The Kier molecular flexibility index (Phi) is 3.51. The summed E-state index contributed by atoms with van der Waals surface area (Å²) < 4.78 is 29.4. The van der Waals surface area contributed by atoms with Crippen molar-refractivity contribution in [2.45, 2.75) is 0 Å². The number of rotatable bonds is 3. The third kappa shape index (κ3) is 2.64. The van der Waals surface area contributed by atoms with Crippen LogP contribution in [0, 0.1) is 17.1 Å². The van der Waals surface area contributed by atoms with Gasteiger partial charge in [-0.2, -0.15) is 5.26 Å². The second-order valence-corrected chi connectivity index (χ2v) is 5.36. The van der Waals surface area contributed by atoms with E-state index in [2.05, 4.69) is 16.0 Å². The molecule has 0 unspecified atom stereocenters. The van der Waals surface area contributed by atoms with E-state index in [1.54, 1.807) is 24.3 Å². The van der Waals surface area contributed by atoms with Crippen LogP contribution < -0.4 is 14.2 Å². The summed E-state index contributed by atoms with van der Waals surface area (Å²) in [6.07, 6.45) is 1.63. The standard InChI is InChI=1S/C18H12FN3O3/c1-23-15-7-17-16(24-9-25-17)5-10(15)4-11(8-20)18-21-13-3-2-12(19)6-14(13)22-18/h2-7H,9H2,1H3,(H,21,22)/b11-4-. The van der Waals surface area contributed by atoms with Crippen molar-refractivity contribution >= 4 is 22.7 Å². The molecule has 7 heteroatoms. The van der Waals surface area contributed by atoms with Crippen LogP contribution in [0.2, 0.25) is 0 Å². The van der Waals surface area contributed by atoms with Crippen LogP contribution in [-0.4, -0.2) is 23.9 Å². The van der Waals surface area contributed by atoms with Gasteiger partial charge in [0.25, 0.3) is 0 Å². The molecule has 0 radical (unpaired) electrons. The molecule has 0 fully saturated rings. The van der Waals surface area contributed by atoms with Gasteiger partial charge in [0, 0.05) is 11.6 Å². The summed E-state index contributed by atoms with van der Waals surface area (Å²) in [5.74, 6) is 1.69. The first-order chi connectivity index (χ1) is 12.2. The Hall–Kier alpha value is -3.53. The first kappa shape index (κ1) is 15.0. The lowest BCUT2D eigenvalue weighted by atomic mass is 10.1. The smallest absolute Gasteiger partial charge is 0.231 e. The highest BCUT2D eigenvalue weighted by molar-refractivity contribution is 5.91. The van der Waals surface area contributed by atoms with E-state index in [-0.39, 0.29) is 18.2 Å². The zero-order chi connectivity index (χ0) is 17.4. The summed E-state index contributed by atoms with van der Waals surface area (Å²) in [7, 11) is 1.53. The molecule has 6 nitrogen and oxygen atoms in total. The largest absolute Gasteiger partial charge is 0.496 e. The third-order valence-corrected chi connectivity index (χ3v) is 3.84. The van der Waals surface area contributed by atoms with Gasteiger partial charge in [0.05, 0.1) is 23.7 Å². The van der Waals surface area contributed by atoms with Gasteiger partial charge in [0.2, 0.25) is 6.79 Å². The second kappa shape index (κ2) is 5.83. The molecule has 124 valence electrons. The molecule has 0 saturated heterocycles. The van der Waals surface area contributed by atoms with Crippen LogP contribution in [0.15, 0.2) is 30.3 Å². The first-order valence-corrected chi connectivity index (χ1v) is 7.43. The fourth-order valence-corrected chi connectivity index (χ4v) is 2.65. The molecule has 1 aliphatic rings. The minimum Gasteiger partial charge on any atom is -0.496 e. The van der Waals surface area contributed by atoms with Gasteiger partial charge >= 0.3 is 0 Å². The van der Waals surface area contributed by atoms with Gasteiger partial charge in [-0.05, 0) is 30.3 Å². The number of methoxy groups -OCH3 is 1. The topological polar surface area (TPSA) is 80.2 Å². The lowest BCUT2D eigenvalue weighted by Gasteiger charge is -2.07. The molecule has 3 aromatic rings. The van der Waals surface area contributed by atoms with Crippen LogP contribution in [0.3, 0.4) is 0 Å². The quantitative estimate of drug-likeness (QED) is 0.740. The lowest BCUT2D eigenvalue weighted by molar-refractivity contribution is 0.174. The lowest BCUT2D eigenvalue weighted by Crippen LogP contribution is -1.92. The number of nitriles is 1. The van der Waals surface area contributed by atoms with Crippen molar-refractivity contribution in [1.29, 1.82) is 5.26 Å². The van der Waals surface area contributed by atoms with Crippen molar-refractivity contribution in [2.75, 3.05) is 13.9 Å². The minimum absolute atomic E-state index is 0.145. The van der Waals surface area contributed by atoms with E-state index < -0.39 is 0 Å².